The number of fused-ring (bicyclic) bond motifs is 1. The molecule has 0 heterocycles. The van der Waals surface area contributed by atoms with Gasteiger partial charge < -0.3 is 5.73 Å². The molecule has 84 valence electrons. The van der Waals surface area contributed by atoms with E-state index in [2.05, 4.69) is 24.3 Å². The fraction of sp³-hybridized carbons (Fsp3) is 0.333. The van der Waals surface area contributed by atoms with Gasteiger partial charge in [-0.3, -0.25) is 9.11 Å². The molecule has 15 heavy (non-hydrogen) atoms. The second-order valence-corrected chi connectivity index (χ2v) is 4.19. The highest BCUT2D eigenvalue weighted by molar-refractivity contribution is 7.79. The molecule has 0 aliphatic heterocycles. The van der Waals surface area contributed by atoms with E-state index in [-0.39, 0.29) is 0 Å². The maximum atomic E-state index is 8.74. The fourth-order valence-corrected chi connectivity index (χ4v) is 1.59. The Bertz CT molecular complexity index is 421. The van der Waals surface area contributed by atoms with Crippen molar-refractivity contribution in [2.45, 2.75) is 18.9 Å². The summed E-state index contributed by atoms with van der Waals surface area (Å²) in [7, 11) is -4.67. The Morgan fingerprint density at radius 3 is 2.33 bits per heavy atom. The van der Waals surface area contributed by atoms with E-state index in [0.29, 0.717) is 6.04 Å². The van der Waals surface area contributed by atoms with Crippen LogP contribution >= 0.6 is 0 Å². The quantitative estimate of drug-likeness (QED) is 0.578. The lowest BCUT2D eigenvalue weighted by atomic mass is 10.1. The van der Waals surface area contributed by atoms with Crippen LogP contribution in [0, 0.1) is 0 Å². The number of benzene rings is 1. The fourth-order valence-electron chi connectivity index (χ4n) is 1.59. The smallest absolute Gasteiger partial charge is 0.324 e. The maximum absolute atomic E-state index is 8.74. The number of aryl methyl sites for hydroxylation is 1. The van der Waals surface area contributed by atoms with Gasteiger partial charge in [-0.2, -0.15) is 8.42 Å². The van der Waals surface area contributed by atoms with E-state index in [1.54, 1.807) is 0 Å². The largest absolute Gasteiger partial charge is 0.394 e. The van der Waals surface area contributed by atoms with Crippen LogP contribution in [0.1, 0.15) is 23.6 Å². The standard InChI is InChI=1S/C9H11N.H2O4S/c10-9-6-5-7-3-1-2-4-8(7)9;1-5(2,3)4/h1-4,9H,5-6,10H2;(H2,1,2,3,4). The van der Waals surface area contributed by atoms with Gasteiger partial charge in [0.25, 0.3) is 0 Å². The van der Waals surface area contributed by atoms with Crippen LogP contribution in [0.2, 0.25) is 0 Å². The van der Waals surface area contributed by atoms with E-state index in [9.17, 15) is 0 Å². The average Bonchev–Trinajstić information content (AvgIpc) is 2.46. The SMILES string of the molecule is NC1CCc2ccccc21.O=S(=O)(O)O. The molecular formula is C9H13NO4S. The van der Waals surface area contributed by atoms with E-state index in [0.717, 1.165) is 12.8 Å². The van der Waals surface area contributed by atoms with Gasteiger partial charge in [0.2, 0.25) is 0 Å². The summed E-state index contributed by atoms with van der Waals surface area (Å²) in [6.45, 7) is 0. The van der Waals surface area contributed by atoms with E-state index < -0.39 is 10.4 Å². The second-order valence-electron chi connectivity index (χ2n) is 3.29. The van der Waals surface area contributed by atoms with Crippen molar-refractivity contribution in [2.24, 2.45) is 5.73 Å². The summed E-state index contributed by atoms with van der Waals surface area (Å²) in [5.41, 5.74) is 8.64. The maximum Gasteiger partial charge on any atom is 0.394 e. The van der Waals surface area contributed by atoms with Gasteiger partial charge in [-0.15, -0.1) is 0 Å². The summed E-state index contributed by atoms with van der Waals surface area (Å²) < 4.78 is 31.6. The van der Waals surface area contributed by atoms with Crippen molar-refractivity contribution in [3.63, 3.8) is 0 Å². The van der Waals surface area contributed by atoms with Crippen molar-refractivity contribution < 1.29 is 17.5 Å². The molecule has 0 aromatic heterocycles. The Morgan fingerprint density at radius 1 is 1.27 bits per heavy atom. The normalized spacial score (nSPS) is 19.0. The lowest BCUT2D eigenvalue weighted by molar-refractivity contribution is 0.381. The predicted molar refractivity (Wildman–Crippen MR) is 55.9 cm³/mol. The van der Waals surface area contributed by atoms with Crippen LogP contribution < -0.4 is 5.73 Å². The predicted octanol–water partition coefficient (Wildman–Crippen LogP) is 0.980. The molecule has 1 aromatic carbocycles. The van der Waals surface area contributed by atoms with Crippen LogP contribution in [0.5, 0.6) is 0 Å². The molecule has 1 aliphatic carbocycles. The van der Waals surface area contributed by atoms with Gasteiger partial charge in [0.05, 0.1) is 0 Å². The molecule has 0 spiro atoms. The summed E-state index contributed by atoms with van der Waals surface area (Å²) in [6, 6.07) is 8.74. The zero-order valence-electron chi connectivity index (χ0n) is 8.00. The van der Waals surface area contributed by atoms with E-state index >= 15 is 0 Å². The minimum absolute atomic E-state index is 0.302. The second kappa shape index (κ2) is 4.71. The monoisotopic (exact) mass is 231 g/mol. The highest BCUT2D eigenvalue weighted by Gasteiger charge is 2.16. The van der Waals surface area contributed by atoms with Crippen molar-refractivity contribution in [1.29, 1.82) is 0 Å². The molecule has 1 aliphatic rings. The first-order valence-corrected chi connectivity index (χ1v) is 5.81. The van der Waals surface area contributed by atoms with E-state index in [4.69, 9.17) is 23.3 Å². The Morgan fingerprint density at radius 2 is 1.80 bits per heavy atom. The van der Waals surface area contributed by atoms with Crippen LogP contribution in [0.3, 0.4) is 0 Å². The lowest BCUT2D eigenvalue weighted by Crippen LogP contribution is -2.04. The van der Waals surface area contributed by atoms with Crippen molar-refractivity contribution in [3.8, 4) is 0 Å². The highest BCUT2D eigenvalue weighted by atomic mass is 32.3. The van der Waals surface area contributed by atoms with Gasteiger partial charge in [-0.1, -0.05) is 24.3 Å². The molecule has 6 heteroatoms. The topological polar surface area (TPSA) is 101 Å². The lowest BCUT2D eigenvalue weighted by Gasteiger charge is -2.01. The van der Waals surface area contributed by atoms with Crippen LogP contribution in [-0.2, 0) is 16.8 Å². The molecule has 1 atom stereocenters. The number of hydrogen-bond acceptors (Lipinski definition) is 3. The first kappa shape index (κ1) is 12.1. The molecule has 2 rings (SSSR count). The first-order valence-electron chi connectivity index (χ1n) is 4.41. The third kappa shape index (κ3) is 4.39. The van der Waals surface area contributed by atoms with Gasteiger partial charge >= 0.3 is 10.4 Å². The molecule has 0 radical (unpaired) electrons. The molecular weight excluding hydrogens is 218 g/mol. The Hall–Kier alpha value is -0.950. The molecule has 5 nitrogen and oxygen atoms in total. The summed E-state index contributed by atoms with van der Waals surface area (Å²) in [6.07, 6.45) is 2.29. The summed E-state index contributed by atoms with van der Waals surface area (Å²) >= 11 is 0. The van der Waals surface area contributed by atoms with Crippen LogP contribution in [0.15, 0.2) is 24.3 Å². The third-order valence-corrected chi connectivity index (χ3v) is 2.18. The number of rotatable bonds is 0. The number of nitrogens with two attached hydrogens (primary N) is 1. The molecule has 0 saturated carbocycles. The summed E-state index contributed by atoms with van der Waals surface area (Å²) in [5.74, 6) is 0. The summed E-state index contributed by atoms with van der Waals surface area (Å²) in [5, 5.41) is 0. The number of hydrogen-bond donors (Lipinski definition) is 3. The molecule has 0 amide bonds. The van der Waals surface area contributed by atoms with Crippen LogP contribution in [-0.4, -0.2) is 17.5 Å². The molecule has 4 N–H and O–H groups in total. The first-order chi connectivity index (χ1) is 6.88. The van der Waals surface area contributed by atoms with Gasteiger partial charge in [-0.05, 0) is 24.0 Å². The van der Waals surface area contributed by atoms with Gasteiger partial charge in [0.15, 0.2) is 0 Å². The summed E-state index contributed by atoms with van der Waals surface area (Å²) in [4.78, 5) is 0. The average molecular weight is 231 g/mol. The Labute approximate surface area is 88.5 Å². The molecule has 0 bridgehead atoms. The molecule has 0 saturated heterocycles. The van der Waals surface area contributed by atoms with E-state index in [1.807, 2.05) is 0 Å². The van der Waals surface area contributed by atoms with Crippen molar-refractivity contribution in [1.82, 2.24) is 0 Å². The van der Waals surface area contributed by atoms with Gasteiger partial charge in [-0.25, -0.2) is 0 Å². The van der Waals surface area contributed by atoms with Crippen molar-refractivity contribution in [2.75, 3.05) is 0 Å². The minimum atomic E-state index is -4.67. The zero-order valence-corrected chi connectivity index (χ0v) is 8.81. The van der Waals surface area contributed by atoms with E-state index in [1.165, 1.54) is 11.1 Å². The Balaban J connectivity index is 0.000000195. The third-order valence-electron chi connectivity index (χ3n) is 2.18. The molecule has 1 aromatic rings. The molecule has 0 fully saturated rings. The molecule has 1 unspecified atom stereocenters. The van der Waals surface area contributed by atoms with Crippen molar-refractivity contribution >= 4 is 10.4 Å². The van der Waals surface area contributed by atoms with Crippen LogP contribution in [0.4, 0.5) is 0 Å². The van der Waals surface area contributed by atoms with Gasteiger partial charge in [0.1, 0.15) is 0 Å². The van der Waals surface area contributed by atoms with Crippen LogP contribution in [0.25, 0.3) is 0 Å². The van der Waals surface area contributed by atoms with Gasteiger partial charge in [0, 0.05) is 6.04 Å². The minimum Gasteiger partial charge on any atom is -0.324 e. The highest BCUT2D eigenvalue weighted by Crippen LogP contribution is 2.28. The zero-order chi connectivity index (χ0) is 11.5. The van der Waals surface area contributed by atoms with Crippen molar-refractivity contribution in [3.05, 3.63) is 35.4 Å². The Kier molecular flexibility index (Phi) is 3.81.